The number of nitrogens with one attached hydrogen (secondary N) is 1. The van der Waals surface area contributed by atoms with E-state index < -0.39 is 0 Å². The molecule has 0 spiro atoms. The van der Waals surface area contributed by atoms with Gasteiger partial charge in [-0.05, 0) is 55.3 Å². The highest BCUT2D eigenvalue weighted by Gasteiger charge is 2.20. The van der Waals surface area contributed by atoms with Gasteiger partial charge in [0.1, 0.15) is 17.7 Å². The molecule has 0 radical (unpaired) electrons. The molecule has 1 aliphatic heterocycles. The smallest absolute Gasteiger partial charge is 0.123 e. The summed E-state index contributed by atoms with van der Waals surface area (Å²) in [6, 6.07) is 13.3. The van der Waals surface area contributed by atoms with Crippen molar-refractivity contribution in [2.24, 2.45) is 0 Å². The highest BCUT2D eigenvalue weighted by Crippen LogP contribution is 2.31. The van der Waals surface area contributed by atoms with Crippen LogP contribution in [0.2, 0.25) is 0 Å². The Morgan fingerprint density at radius 3 is 2.71 bits per heavy atom. The fourth-order valence-corrected chi connectivity index (χ4v) is 2.90. The largest absolute Gasteiger partial charge is 0.490 e. The highest BCUT2D eigenvalue weighted by atomic mass is 19.1. The molecular formula is C18H20FNO. The van der Waals surface area contributed by atoms with E-state index in [4.69, 9.17) is 4.74 Å². The Morgan fingerprint density at radius 1 is 1.24 bits per heavy atom. The predicted molar refractivity (Wildman–Crippen MR) is 82.1 cm³/mol. The zero-order valence-electron chi connectivity index (χ0n) is 12.4. The zero-order valence-corrected chi connectivity index (χ0v) is 12.4. The third-order valence-electron chi connectivity index (χ3n) is 4.02. The van der Waals surface area contributed by atoms with Crippen molar-refractivity contribution in [1.29, 1.82) is 0 Å². The molecule has 2 atom stereocenters. The van der Waals surface area contributed by atoms with Gasteiger partial charge < -0.3 is 10.1 Å². The van der Waals surface area contributed by atoms with Gasteiger partial charge in [0, 0.05) is 12.5 Å². The van der Waals surface area contributed by atoms with E-state index in [0.717, 1.165) is 24.2 Å². The number of rotatable bonds is 4. The molecule has 0 amide bonds. The van der Waals surface area contributed by atoms with Crippen LogP contribution in [0.3, 0.4) is 0 Å². The summed E-state index contributed by atoms with van der Waals surface area (Å²) in [6.45, 7) is 2.09. The van der Waals surface area contributed by atoms with Crippen LogP contribution in [-0.4, -0.2) is 13.2 Å². The lowest BCUT2D eigenvalue weighted by molar-refractivity contribution is 0.254. The van der Waals surface area contributed by atoms with Crippen molar-refractivity contribution >= 4 is 0 Å². The van der Waals surface area contributed by atoms with Gasteiger partial charge in [-0.15, -0.1) is 0 Å². The van der Waals surface area contributed by atoms with Crippen LogP contribution in [0.15, 0.2) is 42.5 Å². The molecule has 0 aliphatic carbocycles. The molecule has 1 heterocycles. The van der Waals surface area contributed by atoms with E-state index in [1.54, 1.807) is 0 Å². The van der Waals surface area contributed by atoms with Crippen molar-refractivity contribution in [3.8, 4) is 5.75 Å². The number of fused-ring (bicyclic) bond motifs is 1. The van der Waals surface area contributed by atoms with Gasteiger partial charge in [-0.2, -0.15) is 0 Å². The molecule has 1 aliphatic rings. The van der Waals surface area contributed by atoms with E-state index in [1.807, 2.05) is 19.2 Å². The Hall–Kier alpha value is -1.87. The van der Waals surface area contributed by atoms with Gasteiger partial charge in [0.2, 0.25) is 0 Å². The van der Waals surface area contributed by atoms with Crippen LogP contribution < -0.4 is 10.1 Å². The summed E-state index contributed by atoms with van der Waals surface area (Å²) in [5, 5.41) is 3.35. The van der Waals surface area contributed by atoms with Crippen LogP contribution in [0.5, 0.6) is 5.75 Å². The van der Waals surface area contributed by atoms with Gasteiger partial charge in [0.05, 0.1) is 0 Å². The van der Waals surface area contributed by atoms with E-state index in [2.05, 4.69) is 30.4 Å². The molecule has 0 saturated carbocycles. The summed E-state index contributed by atoms with van der Waals surface area (Å²) in [5.41, 5.74) is 3.65. The van der Waals surface area contributed by atoms with Crippen molar-refractivity contribution in [3.63, 3.8) is 0 Å². The minimum absolute atomic E-state index is 0.191. The second-order valence-corrected chi connectivity index (χ2v) is 5.67. The minimum Gasteiger partial charge on any atom is -0.490 e. The number of likely N-dealkylation sites (N-methyl/N-ethyl adjacent to an activating group) is 1. The third kappa shape index (κ3) is 3.08. The maximum absolute atomic E-state index is 13.0. The topological polar surface area (TPSA) is 21.3 Å². The molecule has 110 valence electrons. The molecule has 0 fully saturated rings. The summed E-state index contributed by atoms with van der Waals surface area (Å²) in [5.74, 6) is 0.811. The number of hydrogen-bond acceptors (Lipinski definition) is 2. The number of hydrogen-bond donors (Lipinski definition) is 1. The van der Waals surface area contributed by atoms with Crippen LogP contribution >= 0.6 is 0 Å². The van der Waals surface area contributed by atoms with Gasteiger partial charge in [0.25, 0.3) is 0 Å². The lowest BCUT2D eigenvalue weighted by Crippen LogP contribution is -2.19. The Bertz CT molecular complexity index is 624. The first-order valence-electron chi connectivity index (χ1n) is 7.37. The first-order chi connectivity index (χ1) is 10.2. The first-order valence-corrected chi connectivity index (χ1v) is 7.37. The van der Waals surface area contributed by atoms with Gasteiger partial charge in [-0.1, -0.05) is 24.3 Å². The van der Waals surface area contributed by atoms with Gasteiger partial charge in [0.15, 0.2) is 0 Å². The number of benzene rings is 2. The molecule has 2 aromatic carbocycles. The normalized spacial score (nSPS) is 18.1. The second-order valence-electron chi connectivity index (χ2n) is 5.67. The average molecular weight is 285 g/mol. The molecule has 0 saturated heterocycles. The van der Waals surface area contributed by atoms with Gasteiger partial charge in [-0.3, -0.25) is 0 Å². The third-order valence-corrected chi connectivity index (χ3v) is 4.02. The van der Waals surface area contributed by atoms with Crippen LogP contribution in [0, 0.1) is 5.82 Å². The lowest BCUT2D eigenvalue weighted by Gasteiger charge is -2.17. The molecule has 1 N–H and O–H groups in total. The number of ether oxygens (including phenoxy) is 1. The van der Waals surface area contributed by atoms with E-state index >= 15 is 0 Å². The zero-order chi connectivity index (χ0) is 14.8. The van der Waals surface area contributed by atoms with Crippen LogP contribution in [0.1, 0.15) is 29.7 Å². The van der Waals surface area contributed by atoms with E-state index in [9.17, 15) is 4.39 Å². The Balaban J connectivity index is 1.80. The second kappa shape index (κ2) is 5.86. The molecule has 0 bridgehead atoms. The number of halogens is 1. The molecule has 21 heavy (non-hydrogen) atoms. The van der Waals surface area contributed by atoms with Crippen LogP contribution in [-0.2, 0) is 12.8 Å². The fraction of sp³-hybridized carbons (Fsp3) is 0.333. The summed E-state index contributed by atoms with van der Waals surface area (Å²) in [4.78, 5) is 0. The quantitative estimate of drug-likeness (QED) is 0.926. The van der Waals surface area contributed by atoms with Crippen molar-refractivity contribution in [1.82, 2.24) is 5.32 Å². The lowest BCUT2D eigenvalue weighted by atomic mass is 9.96. The predicted octanol–water partition coefficient (Wildman–Crippen LogP) is 3.65. The molecule has 2 aromatic rings. The molecule has 3 rings (SSSR count). The molecule has 2 nitrogen and oxygen atoms in total. The van der Waals surface area contributed by atoms with Crippen molar-refractivity contribution < 1.29 is 9.13 Å². The van der Waals surface area contributed by atoms with E-state index in [-0.39, 0.29) is 18.0 Å². The fourth-order valence-electron chi connectivity index (χ4n) is 2.90. The first kappa shape index (κ1) is 14.1. The standard InChI is InChI=1S/C18H20FNO/c1-12-9-15-11-14(5-8-18(15)21-12)17(20-2)10-13-3-6-16(19)7-4-13/h3-8,11-12,17,20H,9-10H2,1-2H3. The maximum Gasteiger partial charge on any atom is 0.123 e. The van der Waals surface area contributed by atoms with E-state index in [0.29, 0.717) is 0 Å². The van der Waals surface area contributed by atoms with Crippen LogP contribution in [0.4, 0.5) is 4.39 Å². The Morgan fingerprint density at radius 2 is 2.00 bits per heavy atom. The summed E-state index contributed by atoms with van der Waals surface area (Å²) >= 11 is 0. The molecule has 2 unspecified atom stereocenters. The molecular weight excluding hydrogens is 265 g/mol. The average Bonchev–Trinajstić information content (AvgIpc) is 2.85. The SMILES string of the molecule is CNC(Cc1ccc(F)cc1)c1ccc2c(c1)CC(C)O2. The summed E-state index contributed by atoms with van der Waals surface area (Å²) < 4.78 is 18.7. The summed E-state index contributed by atoms with van der Waals surface area (Å²) in [7, 11) is 1.96. The monoisotopic (exact) mass is 285 g/mol. The molecule has 0 aromatic heterocycles. The highest BCUT2D eigenvalue weighted by molar-refractivity contribution is 5.42. The Labute approximate surface area is 125 Å². The van der Waals surface area contributed by atoms with Gasteiger partial charge in [-0.25, -0.2) is 4.39 Å². The van der Waals surface area contributed by atoms with Crippen LogP contribution in [0.25, 0.3) is 0 Å². The van der Waals surface area contributed by atoms with Gasteiger partial charge >= 0.3 is 0 Å². The Kier molecular flexibility index (Phi) is 3.93. The summed E-state index contributed by atoms with van der Waals surface area (Å²) in [6.07, 6.45) is 2.07. The van der Waals surface area contributed by atoms with E-state index in [1.165, 1.54) is 23.3 Å². The maximum atomic E-state index is 13.0. The minimum atomic E-state index is -0.191. The van der Waals surface area contributed by atoms with Crippen molar-refractivity contribution in [2.45, 2.75) is 31.9 Å². The van der Waals surface area contributed by atoms with Crippen molar-refractivity contribution in [2.75, 3.05) is 7.05 Å². The molecule has 3 heteroatoms. The van der Waals surface area contributed by atoms with Crippen molar-refractivity contribution in [3.05, 3.63) is 65.0 Å².